The molecule has 0 fully saturated rings. The van der Waals surface area contributed by atoms with E-state index in [4.69, 9.17) is 9.88 Å². The fraction of sp³-hybridized carbons (Fsp3) is 0.250. The Bertz CT molecular complexity index is 1030. The normalized spacial score (nSPS) is 11.4. The highest BCUT2D eigenvalue weighted by Gasteiger charge is 2.15. The molecule has 3 N–H and O–H groups in total. The molecule has 2 aromatic carbocycles. The van der Waals surface area contributed by atoms with E-state index in [0.717, 1.165) is 12.0 Å². The van der Waals surface area contributed by atoms with Crippen molar-refractivity contribution in [1.82, 2.24) is 5.32 Å². The number of sulfonamides is 1. The van der Waals surface area contributed by atoms with Crippen molar-refractivity contribution in [2.75, 3.05) is 13.2 Å². The van der Waals surface area contributed by atoms with E-state index >= 15 is 0 Å². The SMILES string of the molecule is CCCOc1ccc(/C=C/C(=O)NCCc2ccc(S(N)(=O)=O)cc2)cc1[N+](=O)[O-]. The van der Waals surface area contributed by atoms with Gasteiger partial charge in [0.25, 0.3) is 0 Å². The number of ether oxygens (including phenoxy) is 1. The second-order valence-electron chi connectivity index (χ2n) is 6.40. The van der Waals surface area contributed by atoms with E-state index in [1.54, 1.807) is 18.2 Å². The number of nitrogens with one attached hydrogen (secondary N) is 1. The van der Waals surface area contributed by atoms with Crippen LogP contribution in [0.5, 0.6) is 5.75 Å². The minimum atomic E-state index is -3.73. The summed E-state index contributed by atoms with van der Waals surface area (Å²) in [5.41, 5.74) is 1.18. The second-order valence-corrected chi connectivity index (χ2v) is 7.96. The molecule has 10 heteroatoms. The Labute approximate surface area is 174 Å². The van der Waals surface area contributed by atoms with Crippen molar-refractivity contribution in [3.05, 3.63) is 69.8 Å². The number of hydrogen-bond donors (Lipinski definition) is 2. The topological polar surface area (TPSA) is 142 Å². The first-order valence-corrected chi connectivity index (χ1v) is 10.7. The number of rotatable bonds is 10. The maximum absolute atomic E-state index is 12.0. The van der Waals surface area contributed by atoms with E-state index in [9.17, 15) is 23.3 Å². The number of nitrogens with zero attached hydrogens (tertiary/aromatic N) is 1. The van der Waals surface area contributed by atoms with Crippen LogP contribution in [0.2, 0.25) is 0 Å². The van der Waals surface area contributed by atoms with Gasteiger partial charge in [-0.1, -0.05) is 25.1 Å². The molecule has 30 heavy (non-hydrogen) atoms. The monoisotopic (exact) mass is 433 g/mol. The third kappa shape index (κ3) is 6.98. The quantitative estimate of drug-likeness (QED) is 0.335. The molecule has 0 aliphatic carbocycles. The molecule has 160 valence electrons. The Balaban J connectivity index is 1.91. The van der Waals surface area contributed by atoms with Gasteiger partial charge in [0.05, 0.1) is 16.4 Å². The van der Waals surface area contributed by atoms with E-state index in [1.807, 2.05) is 6.92 Å². The third-order valence-corrected chi connectivity index (χ3v) is 4.96. The van der Waals surface area contributed by atoms with Gasteiger partial charge in [-0.05, 0) is 48.2 Å². The molecule has 0 aliphatic rings. The summed E-state index contributed by atoms with van der Waals surface area (Å²) >= 11 is 0. The molecule has 2 aromatic rings. The van der Waals surface area contributed by atoms with Gasteiger partial charge >= 0.3 is 5.69 Å². The van der Waals surface area contributed by atoms with Crippen LogP contribution >= 0.6 is 0 Å². The standard InChI is InChI=1S/C20H23N3O6S/c1-2-13-29-19-9-5-16(14-18(19)23(25)26)6-10-20(24)22-12-11-15-3-7-17(8-4-15)30(21,27)28/h3-10,14H,2,11-13H2,1H3,(H,22,24)(H2,21,27,28)/b10-6+. The van der Waals surface area contributed by atoms with Crippen molar-refractivity contribution in [1.29, 1.82) is 0 Å². The van der Waals surface area contributed by atoms with Crippen LogP contribution < -0.4 is 15.2 Å². The van der Waals surface area contributed by atoms with E-state index in [0.29, 0.717) is 25.1 Å². The number of amides is 1. The van der Waals surface area contributed by atoms with Crippen LogP contribution in [-0.4, -0.2) is 32.4 Å². The van der Waals surface area contributed by atoms with Crippen molar-refractivity contribution >= 4 is 27.7 Å². The first kappa shape index (κ1) is 23.0. The zero-order valence-corrected chi connectivity index (χ0v) is 17.2. The Morgan fingerprint density at radius 2 is 1.93 bits per heavy atom. The lowest BCUT2D eigenvalue weighted by Gasteiger charge is -2.06. The first-order valence-electron chi connectivity index (χ1n) is 9.19. The summed E-state index contributed by atoms with van der Waals surface area (Å²) in [6.45, 7) is 2.62. The number of carbonyl (C=O) groups is 1. The van der Waals surface area contributed by atoms with Gasteiger partial charge in [-0.3, -0.25) is 14.9 Å². The number of hydrogen-bond acceptors (Lipinski definition) is 6. The van der Waals surface area contributed by atoms with Crippen LogP contribution in [0.4, 0.5) is 5.69 Å². The predicted molar refractivity (Wildman–Crippen MR) is 112 cm³/mol. The van der Waals surface area contributed by atoms with Gasteiger partial charge in [-0.15, -0.1) is 0 Å². The van der Waals surface area contributed by atoms with Crippen LogP contribution in [0.3, 0.4) is 0 Å². The molecule has 0 atom stereocenters. The summed E-state index contributed by atoms with van der Waals surface area (Å²) in [6.07, 6.45) is 4.00. The summed E-state index contributed by atoms with van der Waals surface area (Å²) in [4.78, 5) is 22.7. The van der Waals surface area contributed by atoms with E-state index in [1.165, 1.54) is 36.4 Å². The molecule has 0 spiro atoms. The molecular formula is C20H23N3O6S. The molecule has 0 aliphatic heterocycles. The summed E-state index contributed by atoms with van der Waals surface area (Å²) in [5.74, 6) is -0.165. The number of nitro benzene ring substituents is 1. The number of carbonyl (C=O) groups excluding carboxylic acids is 1. The maximum Gasteiger partial charge on any atom is 0.311 e. The Hall–Kier alpha value is -3.24. The van der Waals surface area contributed by atoms with Crippen LogP contribution in [0.1, 0.15) is 24.5 Å². The minimum Gasteiger partial charge on any atom is -0.487 e. The molecule has 0 saturated carbocycles. The van der Waals surface area contributed by atoms with Crippen molar-refractivity contribution < 1.29 is 22.9 Å². The van der Waals surface area contributed by atoms with E-state index in [-0.39, 0.29) is 22.2 Å². The molecule has 0 unspecified atom stereocenters. The van der Waals surface area contributed by atoms with Gasteiger partial charge < -0.3 is 10.1 Å². The average molecular weight is 433 g/mol. The smallest absolute Gasteiger partial charge is 0.311 e. The lowest BCUT2D eigenvalue weighted by Crippen LogP contribution is -2.23. The first-order chi connectivity index (χ1) is 14.2. The highest BCUT2D eigenvalue weighted by molar-refractivity contribution is 7.89. The number of primary sulfonamides is 1. The Morgan fingerprint density at radius 1 is 1.23 bits per heavy atom. The van der Waals surface area contributed by atoms with Gasteiger partial charge in [-0.25, -0.2) is 13.6 Å². The van der Waals surface area contributed by atoms with Crippen molar-refractivity contribution in [2.24, 2.45) is 5.14 Å². The minimum absolute atomic E-state index is 0.0263. The van der Waals surface area contributed by atoms with E-state index < -0.39 is 14.9 Å². The zero-order valence-electron chi connectivity index (χ0n) is 16.4. The predicted octanol–water partition coefficient (Wildman–Crippen LogP) is 2.40. The van der Waals surface area contributed by atoms with Crippen molar-refractivity contribution in [2.45, 2.75) is 24.7 Å². The maximum atomic E-state index is 12.0. The summed E-state index contributed by atoms with van der Waals surface area (Å²) in [5, 5.41) is 19.0. The molecule has 1 amide bonds. The summed E-state index contributed by atoms with van der Waals surface area (Å²) in [6, 6.07) is 10.6. The van der Waals surface area contributed by atoms with E-state index in [2.05, 4.69) is 5.32 Å². The van der Waals surface area contributed by atoms with Crippen LogP contribution in [0.25, 0.3) is 6.08 Å². The summed E-state index contributed by atoms with van der Waals surface area (Å²) < 4.78 is 27.8. The molecule has 0 saturated heterocycles. The van der Waals surface area contributed by atoms with Crippen molar-refractivity contribution in [3.63, 3.8) is 0 Å². The van der Waals surface area contributed by atoms with Crippen LogP contribution in [0, 0.1) is 10.1 Å². The average Bonchev–Trinajstić information content (AvgIpc) is 2.70. The highest BCUT2D eigenvalue weighted by atomic mass is 32.2. The highest BCUT2D eigenvalue weighted by Crippen LogP contribution is 2.28. The fourth-order valence-electron chi connectivity index (χ4n) is 2.52. The summed E-state index contributed by atoms with van der Waals surface area (Å²) in [7, 11) is -3.73. The van der Waals surface area contributed by atoms with Gasteiger partial charge in [0.15, 0.2) is 5.75 Å². The van der Waals surface area contributed by atoms with Crippen LogP contribution in [0.15, 0.2) is 53.4 Å². The molecule has 0 heterocycles. The van der Waals surface area contributed by atoms with Crippen molar-refractivity contribution in [3.8, 4) is 5.75 Å². The molecule has 0 aromatic heterocycles. The largest absolute Gasteiger partial charge is 0.487 e. The number of nitrogens with two attached hydrogens (primary N) is 1. The second kappa shape index (κ2) is 10.5. The lowest BCUT2D eigenvalue weighted by atomic mass is 10.1. The molecule has 0 radical (unpaired) electrons. The lowest BCUT2D eigenvalue weighted by molar-refractivity contribution is -0.385. The Kier molecular flexibility index (Phi) is 8.07. The van der Waals surface area contributed by atoms with Gasteiger partial charge in [0.2, 0.25) is 15.9 Å². The van der Waals surface area contributed by atoms with Gasteiger partial charge in [0.1, 0.15) is 0 Å². The number of nitro groups is 1. The zero-order chi connectivity index (χ0) is 22.1. The third-order valence-electron chi connectivity index (χ3n) is 4.03. The molecule has 0 bridgehead atoms. The fourth-order valence-corrected chi connectivity index (χ4v) is 3.04. The van der Waals surface area contributed by atoms with Crippen LogP contribution in [-0.2, 0) is 21.2 Å². The van der Waals surface area contributed by atoms with Gasteiger partial charge in [0, 0.05) is 18.7 Å². The number of benzene rings is 2. The molecule has 2 rings (SSSR count). The molecule has 9 nitrogen and oxygen atoms in total. The molecular weight excluding hydrogens is 410 g/mol. The Morgan fingerprint density at radius 3 is 2.53 bits per heavy atom. The van der Waals surface area contributed by atoms with Gasteiger partial charge in [-0.2, -0.15) is 0 Å².